The zero-order valence-electron chi connectivity index (χ0n) is 11.6. The van der Waals surface area contributed by atoms with E-state index in [0.717, 1.165) is 32.1 Å². The molecule has 0 aliphatic heterocycles. The highest BCUT2D eigenvalue weighted by Gasteiger charge is 2.21. The fraction of sp³-hybridized carbons (Fsp3) is 0.929. The van der Waals surface area contributed by atoms with Gasteiger partial charge in [-0.1, -0.05) is 45.4 Å². The largest absolute Gasteiger partial charge is 0.352 e. The van der Waals surface area contributed by atoms with Crippen molar-refractivity contribution in [1.82, 2.24) is 5.32 Å². The van der Waals surface area contributed by atoms with E-state index < -0.39 is 0 Å². The van der Waals surface area contributed by atoms with Crippen molar-refractivity contribution in [3.8, 4) is 0 Å². The van der Waals surface area contributed by atoms with Crippen molar-refractivity contribution in [3.63, 3.8) is 0 Å². The van der Waals surface area contributed by atoms with Crippen LogP contribution in [0.1, 0.15) is 64.7 Å². The quantitative estimate of drug-likeness (QED) is 0.733. The lowest BCUT2D eigenvalue weighted by atomic mass is 9.98. The molecule has 0 heterocycles. The van der Waals surface area contributed by atoms with E-state index in [-0.39, 0.29) is 30.3 Å². The normalized spacial score (nSPS) is 18.6. The summed E-state index contributed by atoms with van der Waals surface area (Å²) in [5, 5.41) is 3.14. The smallest absolute Gasteiger partial charge is 0.223 e. The molecule has 0 radical (unpaired) electrons. The summed E-state index contributed by atoms with van der Waals surface area (Å²) in [6, 6.07) is 0.186. The second-order valence-electron chi connectivity index (χ2n) is 5.27. The summed E-state index contributed by atoms with van der Waals surface area (Å²) in [5.41, 5.74) is 5.71. The molecular weight excluding hydrogens is 248 g/mol. The summed E-state index contributed by atoms with van der Waals surface area (Å²) in [7, 11) is 0. The van der Waals surface area contributed by atoms with E-state index in [4.69, 9.17) is 5.73 Å². The number of halogens is 1. The minimum absolute atomic E-state index is 0. The van der Waals surface area contributed by atoms with Gasteiger partial charge in [-0.25, -0.2) is 0 Å². The van der Waals surface area contributed by atoms with E-state index in [0.29, 0.717) is 6.54 Å². The van der Waals surface area contributed by atoms with Crippen molar-refractivity contribution >= 4 is 18.3 Å². The fourth-order valence-electron chi connectivity index (χ4n) is 2.56. The molecule has 3 nitrogen and oxygen atoms in total. The van der Waals surface area contributed by atoms with Gasteiger partial charge in [0.25, 0.3) is 0 Å². The van der Waals surface area contributed by atoms with Gasteiger partial charge in [0.2, 0.25) is 5.91 Å². The molecule has 0 aromatic heterocycles. The molecule has 18 heavy (non-hydrogen) atoms. The maximum atomic E-state index is 12.1. The summed E-state index contributed by atoms with van der Waals surface area (Å²) in [6.45, 7) is 2.74. The number of nitrogens with one attached hydrogen (secondary N) is 1. The molecule has 1 unspecified atom stereocenters. The second kappa shape index (κ2) is 10.6. The van der Waals surface area contributed by atoms with Crippen molar-refractivity contribution in [2.75, 3.05) is 6.54 Å². The number of hydrogen-bond donors (Lipinski definition) is 2. The molecule has 1 aliphatic rings. The van der Waals surface area contributed by atoms with Gasteiger partial charge in [0, 0.05) is 18.5 Å². The van der Waals surface area contributed by atoms with Gasteiger partial charge in [0.15, 0.2) is 0 Å². The first kappa shape index (κ1) is 17.7. The van der Waals surface area contributed by atoms with Gasteiger partial charge in [0.05, 0.1) is 0 Å². The summed E-state index contributed by atoms with van der Waals surface area (Å²) < 4.78 is 0. The van der Waals surface area contributed by atoms with E-state index in [1.165, 1.54) is 25.7 Å². The van der Waals surface area contributed by atoms with Gasteiger partial charge in [0.1, 0.15) is 0 Å². The van der Waals surface area contributed by atoms with Crippen molar-refractivity contribution in [3.05, 3.63) is 0 Å². The molecule has 0 saturated heterocycles. The Hall–Kier alpha value is -0.280. The lowest BCUT2D eigenvalue weighted by molar-refractivity contribution is -0.126. The van der Waals surface area contributed by atoms with Crippen LogP contribution in [0.2, 0.25) is 0 Å². The van der Waals surface area contributed by atoms with E-state index in [9.17, 15) is 4.79 Å². The first-order chi connectivity index (χ1) is 8.27. The Morgan fingerprint density at radius 2 is 1.89 bits per heavy atom. The summed E-state index contributed by atoms with van der Waals surface area (Å²) in [6.07, 6.45) is 10.5. The molecule has 0 aromatic carbocycles. The van der Waals surface area contributed by atoms with Crippen molar-refractivity contribution < 1.29 is 4.79 Å². The van der Waals surface area contributed by atoms with Crippen LogP contribution in [0, 0.1) is 5.92 Å². The standard InChI is InChI=1S/C14H28N2O.ClH/c1-2-3-10-13(11-15)16-14(17)12-8-6-4-5-7-9-12;/h12-13H,2-11,15H2,1H3,(H,16,17);1H. The van der Waals surface area contributed by atoms with Crippen LogP contribution >= 0.6 is 12.4 Å². The Morgan fingerprint density at radius 3 is 2.39 bits per heavy atom. The summed E-state index contributed by atoms with van der Waals surface area (Å²) in [4.78, 5) is 12.1. The van der Waals surface area contributed by atoms with Crippen LogP contribution in [0.3, 0.4) is 0 Å². The topological polar surface area (TPSA) is 55.1 Å². The van der Waals surface area contributed by atoms with Crippen molar-refractivity contribution in [2.45, 2.75) is 70.8 Å². The molecule has 4 heteroatoms. The zero-order chi connectivity index (χ0) is 12.5. The molecule has 0 spiro atoms. The predicted molar refractivity (Wildman–Crippen MR) is 79.0 cm³/mol. The molecule has 108 valence electrons. The Kier molecular flexibility index (Phi) is 10.5. The lowest BCUT2D eigenvalue weighted by Gasteiger charge is -2.20. The monoisotopic (exact) mass is 276 g/mol. The van der Waals surface area contributed by atoms with Crippen molar-refractivity contribution in [1.29, 1.82) is 0 Å². The first-order valence-corrected chi connectivity index (χ1v) is 7.28. The zero-order valence-corrected chi connectivity index (χ0v) is 12.4. The number of carbonyl (C=O) groups is 1. The van der Waals surface area contributed by atoms with Crippen molar-refractivity contribution in [2.24, 2.45) is 11.7 Å². The maximum absolute atomic E-state index is 12.1. The minimum Gasteiger partial charge on any atom is -0.352 e. The van der Waals surface area contributed by atoms with E-state index in [1.54, 1.807) is 0 Å². The average Bonchev–Trinajstić information content (AvgIpc) is 2.63. The Labute approximate surface area is 118 Å². The molecule has 1 atom stereocenters. The van der Waals surface area contributed by atoms with Crippen LogP contribution < -0.4 is 11.1 Å². The van der Waals surface area contributed by atoms with Crippen LogP contribution in [0.5, 0.6) is 0 Å². The molecule has 1 aliphatic carbocycles. The van der Waals surface area contributed by atoms with Crippen LogP contribution in [0.4, 0.5) is 0 Å². The molecule has 0 aromatic rings. The van der Waals surface area contributed by atoms with Gasteiger partial charge in [-0.2, -0.15) is 0 Å². The number of unbranched alkanes of at least 4 members (excludes halogenated alkanes) is 1. The SMILES string of the molecule is CCCCC(CN)NC(=O)C1CCCCCC1.Cl. The number of hydrogen-bond acceptors (Lipinski definition) is 2. The number of amides is 1. The van der Waals surface area contributed by atoms with Crippen LogP contribution in [-0.4, -0.2) is 18.5 Å². The molecular formula is C14H29ClN2O. The highest BCUT2D eigenvalue weighted by molar-refractivity contribution is 5.85. The van der Waals surface area contributed by atoms with E-state index in [2.05, 4.69) is 12.2 Å². The maximum Gasteiger partial charge on any atom is 0.223 e. The average molecular weight is 277 g/mol. The van der Waals surface area contributed by atoms with Crippen LogP contribution in [-0.2, 0) is 4.79 Å². The molecule has 1 rings (SSSR count). The van der Waals surface area contributed by atoms with Gasteiger partial charge < -0.3 is 11.1 Å². The third kappa shape index (κ3) is 6.60. The fourth-order valence-corrected chi connectivity index (χ4v) is 2.56. The third-order valence-electron chi connectivity index (χ3n) is 3.76. The minimum atomic E-state index is 0. The molecule has 1 saturated carbocycles. The van der Waals surface area contributed by atoms with Crippen LogP contribution in [0.25, 0.3) is 0 Å². The second-order valence-corrected chi connectivity index (χ2v) is 5.27. The molecule has 3 N–H and O–H groups in total. The van der Waals surface area contributed by atoms with Crippen LogP contribution in [0.15, 0.2) is 0 Å². The molecule has 1 amide bonds. The number of rotatable bonds is 6. The Morgan fingerprint density at radius 1 is 1.28 bits per heavy atom. The van der Waals surface area contributed by atoms with Gasteiger partial charge in [-0.05, 0) is 19.3 Å². The van der Waals surface area contributed by atoms with Gasteiger partial charge >= 0.3 is 0 Å². The summed E-state index contributed by atoms with van der Waals surface area (Å²) in [5.74, 6) is 0.492. The lowest BCUT2D eigenvalue weighted by Crippen LogP contribution is -2.43. The molecule has 1 fully saturated rings. The van der Waals surface area contributed by atoms with Gasteiger partial charge in [-0.3, -0.25) is 4.79 Å². The van der Waals surface area contributed by atoms with E-state index in [1.807, 2.05) is 0 Å². The van der Waals surface area contributed by atoms with Gasteiger partial charge in [-0.15, -0.1) is 12.4 Å². The van der Waals surface area contributed by atoms with E-state index >= 15 is 0 Å². The number of nitrogens with two attached hydrogens (primary N) is 1. The Bertz CT molecular complexity index is 216. The number of carbonyl (C=O) groups excluding carboxylic acids is 1. The first-order valence-electron chi connectivity index (χ1n) is 7.28. The summed E-state index contributed by atoms with van der Waals surface area (Å²) >= 11 is 0. The Balaban J connectivity index is 0.00000289. The predicted octanol–water partition coefficient (Wildman–Crippen LogP) is 3.01. The third-order valence-corrected chi connectivity index (χ3v) is 3.76. The highest BCUT2D eigenvalue weighted by atomic mass is 35.5. The highest BCUT2D eigenvalue weighted by Crippen LogP contribution is 2.23. The molecule has 0 bridgehead atoms.